The zero-order valence-electron chi connectivity index (χ0n) is 26.4. The van der Waals surface area contributed by atoms with Crippen molar-refractivity contribution in [2.75, 3.05) is 11.6 Å². The smallest absolute Gasteiger partial charge is 0.258 e. The molecule has 4 aromatic rings. The Hall–Kier alpha value is -3.45. The number of aliphatic hydroxyl groups is 2. The van der Waals surface area contributed by atoms with Gasteiger partial charge in [0, 0.05) is 11.7 Å². The number of carbonyl (C=O) groups is 1. The first-order valence-electron chi connectivity index (χ1n) is 16.1. The van der Waals surface area contributed by atoms with Crippen molar-refractivity contribution in [3.8, 4) is 5.69 Å². The maximum atomic E-state index is 13.9. The fourth-order valence-electron chi connectivity index (χ4n) is 9.74. The van der Waals surface area contributed by atoms with E-state index >= 15 is 0 Å². The number of anilines is 1. The maximum absolute atomic E-state index is 13.9. The highest BCUT2D eigenvalue weighted by atomic mass is 32.2. The largest absolute Gasteiger partial charge is 0.393 e. The van der Waals surface area contributed by atoms with E-state index in [1.54, 1.807) is 24.3 Å². The van der Waals surface area contributed by atoms with Gasteiger partial charge in [0.15, 0.2) is 15.0 Å². The summed E-state index contributed by atoms with van der Waals surface area (Å²) in [6.45, 7) is 4.20. The molecule has 3 N–H and O–H groups in total. The lowest BCUT2D eigenvalue weighted by atomic mass is 9.45. The minimum atomic E-state index is -3.40. The molecule has 8 rings (SSSR count). The van der Waals surface area contributed by atoms with Crippen molar-refractivity contribution < 1.29 is 27.8 Å². The molecule has 1 amide bonds. The van der Waals surface area contributed by atoms with E-state index in [4.69, 9.17) is 0 Å². The van der Waals surface area contributed by atoms with Crippen LogP contribution in [0.5, 0.6) is 0 Å². The fraction of sp³-hybridized carbons (Fsp3) is 0.457. The van der Waals surface area contributed by atoms with E-state index < -0.39 is 32.9 Å². The van der Waals surface area contributed by atoms with Crippen LogP contribution >= 0.6 is 11.3 Å². The highest BCUT2D eigenvalue weighted by Gasteiger charge is 2.68. The van der Waals surface area contributed by atoms with Crippen LogP contribution in [0.2, 0.25) is 0 Å². The van der Waals surface area contributed by atoms with Crippen molar-refractivity contribution in [2.24, 2.45) is 28.6 Å². The van der Waals surface area contributed by atoms with Gasteiger partial charge in [-0.3, -0.25) is 10.1 Å². The SMILES string of the molecule is CC12Cc3cnn(-c4ccc(F)cc4)c3C=C1CCC1C2[C@@H](O)CC2(C)C1CC[C@]2(O)C(=O)Nc1nc2ccc(S(C)(=O)=O)cc2s1. The second-order valence-corrected chi connectivity index (χ2v) is 17.6. The summed E-state index contributed by atoms with van der Waals surface area (Å²) in [5.41, 5.74) is 1.86. The number of sulfone groups is 1. The number of benzene rings is 2. The Kier molecular flexibility index (Phi) is 6.75. The van der Waals surface area contributed by atoms with Crippen molar-refractivity contribution in [3.05, 3.63) is 71.3 Å². The Morgan fingerprint density at radius 3 is 2.66 bits per heavy atom. The predicted molar refractivity (Wildman–Crippen MR) is 177 cm³/mol. The van der Waals surface area contributed by atoms with Gasteiger partial charge in [-0.1, -0.05) is 30.8 Å². The van der Waals surface area contributed by atoms with Gasteiger partial charge in [-0.15, -0.1) is 0 Å². The van der Waals surface area contributed by atoms with Crippen LogP contribution in [-0.2, 0) is 21.1 Å². The number of aromatic nitrogens is 3. The summed E-state index contributed by atoms with van der Waals surface area (Å²) in [5, 5.41) is 32.0. The summed E-state index contributed by atoms with van der Waals surface area (Å²) in [4.78, 5) is 18.6. The Morgan fingerprint density at radius 1 is 1.15 bits per heavy atom. The lowest BCUT2D eigenvalue weighted by molar-refractivity contribution is -0.177. The molecule has 12 heteroatoms. The number of allylic oxidation sites excluding steroid dienone is 1. The van der Waals surface area contributed by atoms with E-state index in [1.165, 1.54) is 35.1 Å². The van der Waals surface area contributed by atoms with E-state index in [0.717, 1.165) is 42.5 Å². The summed E-state index contributed by atoms with van der Waals surface area (Å²) >= 11 is 1.17. The fourth-order valence-corrected chi connectivity index (χ4v) is 11.4. The monoisotopic (exact) mass is 676 g/mol. The van der Waals surface area contributed by atoms with E-state index in [9.17, 15) is 27.8 Å². The Balaban J connectivity index is 1.06. The molecule has 9 nitrogen and oxygen atoms in total. The zero-order valence-corrected chi connectivity index (χ0v) is 28.0. The molecule has 246 valence electrons. The molecule has 0 bridgehead atoms. The highest BCUT2D eigenvalue weighted by molar-refractivity contribution is 7.90. The first-order chi connectivity index (χ1) is 22.2. The maximum Gasteiger partial charge on any atom is 0.258 e. The lowest BCUT2D eigenvalue weighted by Gasteiger charge is -2.60. The average Bonchev–Trinajstić information content (AvgIpc) is 3.68. The molecule has 0 spiro atoms. The Bertz CT molecular complexity index is 2090. The predicted octanol–water partition coefficient (Wildman–Crippen LogP) is 5.55. The van der Waals surface area contributed by atoms with Gasteiger partial charge < -0.3 is 10.2 Å². The van der Waals surface area contributed by atoms with E-state index in [2.05, 4.69) is 28.4 Å². The number of nitrogens with zero attached hydrogens (tertiary/aromatic N) is 3. The van der Waals surface area contributed by atoms with Gasteiger partial charge >= 0.3 is 0 Å². The minimum absolute atomic E-state index is 0.0402. The molecular weight excluding hydrogens is 640 g/mol. The normalized spacial score (nSPS) is 33.0. The molecule has 0 saturated heterocycles. The van der Waals surface area contributed by atoms with Crippen LogP contribution in [0.4, 0.5) is 9.52 Å². The van der Waals surface area contributed by atoms with Gasteiger partial charge in [-0.2, -0.15) is 5.10 Å². The second kappa shape index (κ2) is 10.3. The van der Waals surface area contributed by atoms with Crippen LogP contribution in [0.1, 0.15) is 57.2 Å². The summed E-state index contributed by atoms with van der Waals surface area (Å²) in [7, 11) is -3.40. The molecular formula is C35H37FN4O5S2. The molecule has 2 aromatic carbocycles. The quantitative estimate of drug-likeness (QED) is 0.258. The number of halogens is 1. The number of hydrogen-bond donors (Lipinski definition) is 3. The summed E-state index contributed by atoms with van der Waals surface area (Å²) in [6, 6.07) is 11.0. The standard InChI is InChI=1S/C35H37FN4O5S2/c1-33-16-19-18-37-40(22-7-5-21(36)6-8-22)27(19)14-20(33)4-10-24-25-12-13-35(43,34(25,2)17-28(41)30(24)33)31(42)39-32-38-26-11-9-23(47(3,44)45)15-29(26)46-32/h5-9,11,14-15,18,24-25,28,30,41,43H,4,10,12-13,16-17H2,1-3H3,(H,38,39,42)/t24?,25?,28-,30?,33?,34?,35-/m0/s1. The van der Waals surface area contributed by atoms with Gasteiger partial charge in [-0.05, 0) is 116 Å². The number of nitrogens with one attached hydrogen (secondary N) is 1. The van der Waals surface area contributed by atoms with Gasteiger partial charge in [0.1, 0.15) is 11.4 Å². The molecule has 2 aromatic heterocycles. The molecule has 0 radical (unpaired) electrons. The number of carbonyl (C=O) groups excluding carboxylic acids is 1. The minimum Gasteiger partial charge on any atom is -0.393 e. The third kappa shape index (κ3) is 4.51. The molecule has 5 unspecified atom stereocenters. The highest BCUT2D eigenvalue weighted by Crippen LogP contribution is 2.67. The molecule has 47 heavy (non-hydrogen) atoms. The van der Waals surface area contributed by atoms with Crippen LogP contribution in [0, 0.1) is 34.4 Å². The molecule has 3 saturated carbocycles. The first-order valence-corrected chi connectivity index (χ1v) is 18.8. The van der Waals surface area contributed by atoms with E-state index in [-0.39, 0.29) is 40.3 Å². The molecule has 4 aliphatic rings. The number of rotatable bonds is 4. The van der Waals surface area contributed by atoms with Crippen LogP contribution in [0.15, 0.2) is 59.1 Å². The van der Waals surface area contributed by atoms with Gasteiger partial charge in [-0.25, -0.2) is 22.5 Å². The van der Waals surface area contributed by atoms with Crippen molar-refractivity contribution in [1.29, 1.82) is 0 Å². The Labute approximate surface area is 276 Å². The first kappa shape index (κ1) is 30.9. The second-order valence-electron chi connectivity index (χ2n) is 14.5. The zero-order chi connectivity index (χ0) is 33.1. The van der Waals surface area contributed by atoms with Crippen molar-refractivity contribution in [3.63, 3.8) is 0 Å². The third-order valence-electron chi connectivity index (χ3n) is 12.0. The molecule has 0 aliphatic heterocycles. The number of fused-ring (bicyclic) bond motifs is 7. The van der Waals surface area contributed by atoms with Crippen LogP contribution in [0.25, 0.3) is 22.0 Å². The van der Waals surface area contributed by atoms with Crippen molar-refractivity contribution in [1.82, 2.24) is 14.8 Å². The summed E-state index contributed by atoms with van der Waals surface area (Å²) in [6.07, 6.45) is 8.18. The Morgan fingerprint density at radius 2 is 1.91 bits per heavy atom. The van der Waals surface area contributed by atoms with Gasteiger partial charge in [0.25, 0.3) is 5.91 Å². The molecule has 7 atom stereocenters. The molecule has 2 heterocycles. The van der Waals surface area contributed by atoms with E-state index in [0.29, 0.717) is 28.2 Å². The summed E-state index contributed by atoms with van der Waals surface area (Å²) in [5.74, 6) is -0.704. The van der Waals surface area contributed by atoms with Crippen molar-refractivity contribution >= 4 is 48.5 Å². The number of aliphatic hydroxyl groups excluding tert-OH is 1. The molecule has 4 aliphatic carbocycles. The molecule has 3 fully saturated rings. The summed E-state index contributed by atoms with van der Waals surface area (Å²) < 4.78 is 40.2. The lowest BCUT2D eigenvalue weighted by Crippen LogP contribution is -2.62. The van der Waals surface area contributed by atoms with Crippen LogP contribution < -0.4 is 5.32 Å². The van der Waals surface area contributed by atoms with Gasteiger partial charge in [0.2, 0.25) is 0 Å². The topological polar surface area (TPSA) is 134 Å². The number of hydrogen-bond acceptors (Lipinski definition) is 8. The van der Waals surface area contributed by atoms with Crippen molar-refractivity contribution in [2.45, 2.75) is 69.0 Å². The van der Waals surface area contributed by atoms with Crippen LogP contribution in [0.3, 0.4) is 0 Å². The van der Waals surface area contributed by atoms with Gasteiger partial charge in [0.05, 0.1) is 38.8 Å². The van der Waals surface area contributed by atoms with E-state index in [1.807, 2.05) is 17.8 Å². The average molecular weight is 677 g/mol. The third-order valence-corrected chi connectivity index (χ3v) is 14.1. The number of thiazole rings is 1. The number of amides is 1. The van der Waals surface area contributed by atoms with Crippen LogP contribution in [-0.4, -0.2) is 57.3 Å².